The SMILES string of the molecule is C[C@@H](N)c1c(F)cccc1N(C)CCO. The number of nitrogens with two attached hydrogens (primary N) is 1. The number of likely N-dealkylation sites (N-methyl/N-ethyl adjacent to an activating group) is 1. The van der Waals surface area contributed by atoms with Crippen LogP contribution in [0.4, 0.5) is 10.1 Å². The van der Waals surface area contributed by atoms with Gasteiger partial charge in [0.2, 0.25) is 0 Å². The van der Waals surface area contributed by atoms with Gasteiger partial charge in [-0.05, 0) is 19.1 Å². The van der Waals surface area contributed by atoms with Gasteiger partial charge in [-0.25, -0.2) is 4.39 Å². The van der Waals surface area contributed by atoms with E-state index in [1.807, 2.05) is 0 Å². The number of aliphatic hydroxyl groups is 1. The highest BCUT2D eigenvalue weighted by molar-refractivity contribution is 5.54. The molecule has 0 heterocycles. The van der Waals surface area contributed by atoms with Crippen LogP contribution in [0.1, 0.15) is 18.5 Å². The number of halogens is 1. The molecule has 0 aromatic heterocycles. The van der Waals surface area contributed by atoms with Gasteiger partial charge < -0.3 is 15.7 Å². The zero-order chi connectivity index (χ0) is 11.4. The molecule has 1 aromatic carbocycles. The molecular formula is C11H17FN2O. The van der Waals surface area contributed by atoms with Crippen molar-refractivity contribution in [1.29, 1.82) is 0 Å². The van der Waals surface area contributed by atoms with E-state index in [4.69, 9.17) is 10.8 Å². The summed E-state index contributed by atoms with van der Waals surface area (Å²) in [5, 5.41) is 8.83. The Hall–Kier alpha value is -1.13. The van der Waals surface area contributed by atoms with Gasteiger partial charge in [0.05, 0.1) is 6.61 Å². The van der Waals surface area contributed by atoms with Crippen molar-refractivity contribution in [1.82, 2.24) is 0 Å². The highest BCUT2D eigenvalue weighted by Gasteiger charge is 2.14. The Morgan fingerprint density at radius 2 is 2.20 bits per heavy atom. The molecule has 1 aromatic rings. The van der Waals surface area contributed by atoms with Crippen LogP contribution in [0.3, 0.4) is 0 Å². The van der Waals surface area contributed by atoms with Crippen molar-refractivity contribution in [3.05, 3.63) is 29.6 Å². The first-order valence-electron chi connectivity index (χ1n) is 4.94. The number of aliphatic hydroxyl groups excluding tert-OH is 1. The summed E-state index contributed by atoms with van der Waals surface area (Å²) in [6, 6.07) is 4.49. The van der Waals surface area contributed by atoms with E-state index in [1.165, 1.54) is 6.07 Å². The van der Waals surface area contributed by atoms with E-state index in [2.05, 4.69) is 0 Å². The Morgan fingerprint density at radius 1 is 1.53 bits per heavy atom. The summed E-state index contributed by atoms with van der Waals surface area (Å²) in [6.07, 6.45) is 0. The normalized spacial score (nSPS) is 12.6. The summed E-state index contributed by atoms with van der Waals surface area (Å²) in [7, 11) is 1.80. The van der Waals surface area contributed by atoms with Crippen LogP contribution in [0.25, 0.3) is 0 Å². The molecule has 0 aliphatic carbocycles. The van der Waals surface area contributed by atoms with Crippen LogP contribution in [0.5, 0.6) is 0 Å². The lowest BCUT2D eigenvalue weighted by Crippen LogP contribution is -2.24. The van der Waals surface area contributed by atoms with Crippen molar-refractivity contribution in [2.75, 3.05) is 25.1 Å². The maximum absolute atomic E-state index is 13.5. The van der Waals surface area contributed by atoms with Crippen molar-refractivity contribution in [2.24, 2.45) is 5.73 Å². The van der Waals surface area contributed by atoms with Crippen LogP contribution in [-0.2, 0) is 0 Å². The predicted molar refractivity (Wildman–Crippen MR) is 59.4 cm³/mol. The minimum Gasteiger partial charge on any atom is -0.395 e. The molecule has 0 aliphatic heterocycles. The van der Waals surface area contributed by atoms with Crippen LogP contribution in [0.15, 0.2) is 18.2 Å². The summed E-state index contributed by atoms with van der Waals surface area (Å²) in [5.41, 5.74) is 6.95. The molecule has 3 nitrogen and oxygen atoms in total. The lowest BCUT2D eigenvalue weighted by atomic mass is 10.1. The maximum atomic E-state index is 13.5. The van der Waals surface area contributed by atoms with Crippen LogP contribution in [0, 0.1) is 5.82 Å². The molecule has 1 rings (SSSR count). The molecule has 0 radical (unpaired) electrons. The zero-order valence-electron chi connectivity index (χ0n) is 9.07. The second-order valence-corrected chi connectivity index (χ2v) is 3.61. The van der Waals surface area contributed by atoms with Crippen LogP contribution < -0.4 is 10.6 Å². The fourth-order valence-corrected chi connectivity index (χ4v) is 1.58. The molecule has 84 valence electrons. The molecule has 0 fully saturated rings. The molecule has 0 unspecified atom stereocenters. The average Bonchev–Trinajstić information content (AvgIpc) is 2.17. The summed E-state index contributed by atoms with van der Waals surface area (Å²) < 4.78 is 13.5. The minimum atomic E-state index is -0.359. The molecule has 15 heavy (non-hydrogen) atoms. The van der Waals surface area contributed by atoms with Gasteiger partial charge in [0, 0.05) is 30.9 Å². The third kappa shape index (κ3) is 2.67. The zero-order valence-corrected chi connectivity index (χ0v) is 9.07. The van der Waals surface area contributed by atoms with E-state index < -0.39 is 0 Å². The van der Waals surface area contributed by atoms with E-state index in [-0.39, 0.29) is 18.5 Å². The molecule has 0 bridgehead atoms. The van der Waals surface area contributed by atoms with E-state index >= 15 is 0 Å². The average molecular weight is 212 g/mol. The van der Waals surface area contributed by atoms with Crippen LogP contribution >= 0.6 is 0 Å². The first-order valence-corrected chi connectivity index (χ1v) is 4.94. The van der Waals surface area contributed by atoms with Gasteiger partial charge in [-0.1, -0.05) is 6.07 Å². The number of hydrogen-bond donors (Lipinski definition) is 2. The summed E-state index contributed by atoms with van der Waals surface area (Å²) >= 11 is 0. The number of anilines is 1. The molecular weight excluding hydrogens is 195 g/mol. The van der Waals surface area contributed by atoms with Crippen molar-refractivity contribution in [3.63, 3.8) is 0 Å². The Kier molecular flexibility index (Phi) is 4.05. The summed E-state index contributed by atoms with van der Waals surface area (Å²) in [6.45, 7) is 2.24. The monoisotopic (exact) mass is 212 g/mol. The smallest absolute Gasteiger partial charge is 0.130 e. The Balaban J connectivity index is 3.10. The predicted octanol–water partition coefficient (Wildman–Crippen LogP) is 1.27. The standard InChI is InChI=1S/C11H17FN2O/c1-8(13)11-9(12)4-3-5-10(11)14(2)6-7-15/h3-5,8,15H,6-7,13H2,1-2H3/t8-/m1/s1. The highest BCUT2D eigenvalue weighted by Crippen LogP contribution is 2.26. The van der Waals surface area contributed by atoms with Crippen molar-refractivity contribution >= 4 is 5.69 Å². The Labute approximate surface area is 89.3 Å². The van der Waals surface area contributed by atoms with Gasteiger partial charge in [0.25, 0.3) is 0 Å². The van der Waals surface area contributed by atoms with Crippen LogP contribution in [0.2, 0.25) is 0 Å². The third-order valence-electron chi connectivity index (χ3n) is 2.33. The number of benzene rings is 1. The van der Waals surface area contributed by atoms with Gasteiger partial charge in [0.1, 0.15) is 5.82 Å². The largest absolute Gasteiger partial charge is 0.395 e. The Bertz CT molecular complexity index is 328. The molecule has 0 aliphatic rings. The fourth-order valence-electron chi connectivity index (χ4n) is 1.58. The van der Waals surface area contributed by atoms with E-state index in [0.29, 0.717) is 12.1 Å². The molecule has 0 saturated heterocycles. The Morgan fingerprint density at radius 3 is 2.73 bits per heavy atom. The molecule has 4 heteroatoms. The lowest BCUT2D eigenvalue weighted by molar-refractivity contribution is 0.304. The van der Waals surface area contributed by atoms with Crippen molar-refractivity contribution in [2.45, 2.75) is 13.0 Å². The number of rotatable bonds is 4. The van der Waals surface area contributed by atoms with Crippen molar-refractivity contribution < 1.29 is 9.50 Å². The van der Waals surface area contributed by atoms with Gasteiger partial charge in [0.15, 0.2) is 0 Å². The minimum absolute atomic E-state index is 0.0331. The third-order valence-corrected chi connectivity index (χ3v) is 2.33. The van der Waals surface area contributed by atoms with E-state index in [1.54, 1.807) is 31.0 Å². The molecule has 0 saturated carbocycles. The topological polar surface area (TPSA) is 49.5 Å². The summed E-state index contributed by atoms with van der Waals surface area (Å²) in [5.74, 6) is -0.299. The second-order valence-electron chi connectivity index (χ2n) is 3.61. The quantitative estimate of drug-likeness (QED) is 0.790. The highest BCUT2D eigenvalue weighted by atomic mass is 19.1. The molecule has 1 atom stereocenters. The van der Waals surface area contributed by atoms with Crippen LogP contribution in [-0.4, -0.2) is 25.3 Å². The van der Waals surface area contributed by atoms with E-state index in [9.17, 15) is 4.39 Å². The fraction of sp³-hybridized carbons (Fsp3) is 0.455. The second kappa shape index (κ2) is 5.09. The maximum Gasteiger partial charge on any atom is 0.130 e. The molecule has 0 spiro atoms. The molecule has 3 N–H and O–H groups in total. The number of hydrogen-bond acceptors (Lipinski definition) is 3. The number of nitrogens with zero attached hydrogens (tertiary/aromatic N) is 1. The lowest BCUT2D eigenvalue weighted by Gasteiger charge is -2.23. The summed E-state index contributed by atoms with van der Waals surface area (Å²) in [4.78, 5) is 1.79. The van der Waals surface area contributed by atoms with Gasteiger partial charge in [-0.2, -0.15) is 0 Å². The van der Waals surface area contributed by atoms with E-state index in [0.717, 1.165) is 5.69 Å². The van der Waals surface area contributed by atoms with Gasteiger partial charge >= 0.3 is 0 Å². The van der Waals surface area contributed by atoms with Crippen molar-refractivity contribution in [3.8, 4) is 0 Å². The van der Waals surface area contributed by atoms with Gasteiger partial charge in [-0.3, -0.25) is 0 Å². The first-order chi connectivity index (χ1) is 7.07. The molecule has 0 amide bonds. The van der Waals surface area contributed by atoms with Gasteiger partial charge in [-0.15, -0.1) is 0 Å². The first kappa shape index (κ1) is 11.9.